The first-order valence-electron chi connectivity index (χ1n) is 8.39. The van der Waals surface area contributed by atoms with E-state index in [9.17, 15) is 4.79 Å². The first-order valence-corrected chi connectivity index (χ1v) is 8.39. The van der Waals surface area contributed by atoms with E-state index in [1.165, 1.54) is 31.2 Å². The normalized spacial score (nSPS) is 18.3. The molecule has 0 radical (unpaired) electrons. The van der Waals surface area contributed by atoms with Gasteiger partial charge in [-0.25, -0.2) is 9.78 Å². The summed E-state index contributed by atoms with van der Waals surface area (Å²) in [4.78, 5) is 18.6. The molecule has 0 saturated heterocycles. The lowest BCUT2D eigenvalue weighted by molar-refractivity contribution is 0.245. The molecule has 1 aliphatic carbocycles. The molecule has 1 N–H and O–H groups in total. The van der Waals surface area contributed by atoms with Crippen molar-refractivity contribution in [2.45, 2.75) is 37.6 Å². The van der Waals surface area contributed by atoms with Crippen LogP contribution in [-0.2, 0) is 12.0 Å². The van der Waals surface area contributed by atoms with E-state index in [1.54, 1.807) is 12.5 Å². The molecule has 1 fully saturated rings. The number of carbonyl (C=O) groups excluding carboxylic acids is 1. The largest absolute Gasteiger partial charge is 0.336 e. The molecular formula is C18H22N4O. The van der Waals surface area contributed by atoms with Crippen molar-refractivity contribution >= 4 is 11.7 Å². The Labute approximate surface area is 136 Å². The van der Waals surface area contributed by atoms with Crippen LogP contribution in [0.5, 0.6) is 0 Å². The highest BCUT2D eigenvalue weighted by Gasteiger charge is 2.45. The lowest BCUT2D eigenvalue weighted by Crippen LogP contribution is -2.43. The van der Waals surface area contributed by atoms with Crippen LogP contribution in [0.25, 0.3) is 0 Å². The molecule has 5 heteroatoms. The molecule has 4 rings (SSSR count). The molecule has 2 amide bonds. The molecule has 23 heavy (non-hydrogen) atoms. The number of nitrogens with zero attached hydrogens (tertiary/aromatic N) is 3. The Kier molecular flexibility index (Phi) is 3.56. The average Bonchev–Trinajstić information content (AvgIpc) is 3.30. The van der Waals surface area contributed by atoms with Crippen LogP contribution in [0.15, 0.2) is 43.0 Å². The van der Waals surface area contributed by atoms with Gasteiger partial charge in [0.05, 0.1) is 6.33 Å². The van der Waals surface area contributed by atoms with Crippen molar-refractivity contribution in [1.29, 1.82) is 0 Å². The number of rotatable bonds is 3. The third-order valence-electron chi connectivity index (χ3n) is 5.24. The first-order chi connectivity index (χ1) is 11.3. The number of para-hydroxylation sites is 1. The average molecular weight is 310 g/mol. The number of carbonyl (C=O) groups is 1. The van der Waals surface area contributed by atoms with Crippen LogP contribution in [0.3, 0.4) is 0 Å². The van der Waals surface area contributed by atoms with E-state index in [1.807, 2.05) is 21.7 Å². The molecule has 2 heterocycles. The SMILES string of the molecule is O=C(NCCn1ccnc1)N1CC2(CCCC2)c2ccccc21. The van der Waals surface area contributed by atoms with Crippen LogP contribution in [0.2, 0.25) is 0 Å². The molecule has 2 aromatic rings. The topological polar surface area (TPSA) is 50.2 Å². The molecule has 1 aliphatic heterocycles. The number of hydrogen-bond donors (Lipinski definition) is 1. The zero-order chi connectivity index (χ0) is 15.7. The Hall–Kier alpha value is -2.30. The quantitative estimate of drug-likeness (QED) is 0.947. The summed E-state index contributed by atoms with van der Waals surface area (Å²) < 4.78 is 1.97. The molecule has 5 nitrogen and oxygen atoms in total. The number of nitrogens with one attached hydrogen (secondary N) is 1. The molecule has 1 saturated carbocycles. The minimum Gasteiger partial charge on any atom is -0.336 e. The smallest absolute Gasteiger partial charge is 0.321 e. The van der Waals surface area contributed by atoms with E-state index in [-0.39, 0.29) is 11.4 Å². The van der Waals surface area contributed by atoms with Gasteiger partial charge in [0.1, 0.15) is 0 Å². The standard InChI is InChI=1S/C18H22N4O/c23-17(20-10-12-21-11-9-19-14-21)22-13-18(7-3-4-8-18)15-5-1-2-6-16(15)22/h1-2,5-6,9,11,14H,3-4,7-8,10,12-13H2,(H,20,23). The van der Waals surface area contributed by atoms with Gasteiger partial charge in [-0.1, -0.05) is 31.0 Å². The maximum Gasteiger partial charge on any atom is 0.321 e. The predicted molar refractivity (Wildman–Crippen MR) is 89.6 cm³/mol. The van der Waals surface area contributed by atoms with Gasteiger partial charge < -0.3 is 9.88 Å². The van der Waals surface area contributed by atoms with E-state index in [0.717, 1.165) is 18.8 Å². The van der Waals surface area contributed by atoms with Gasteiger partial charge in [-0.05, 0) is 24.5 Å². The van der Waals surface area contributed by atoms with Crippen LogP contribution in [0, 0.1) is 0 Å². The minimum absolute atomic E-state index is 0.0151. The Balaban J connectivity index is 1.47. The summed E-state index contributed by atoms with van der Waals surface area (Å²) in [5.74, 6) is 0. The lowest BCUT2D eigenvalue weighted by Gasteiger charge is -2.24. The van der Waals surface area contributed by atoms with Crippen molar-refractivity contribution in [3.8, 4) is 0 Å². The summed E-state index contributed by atoms with van der Waals surface area (Å²) in [6.07, 6.45) is 10.4. The maximum absolute atomic E-state index is 12.7. The molecule has 1 spiro atoms. The van der Waals surface area contributed by atoms with E-state index >= 15 is 0 Å². The fourth-order valence-corrected chi connectivity index (χ4v) is 4.10. The Morgan fingerprint density at radius 3 is 2.87 bits per heavy atom. The van der Waals surface area contributed by atoms with Crippen LogP contribution < -0.4 is 10.2 Å². The summed E-state index contributed by atoms with van der Waals surface area (Å²) in [5, 5.41) is 3.05. The molecule has 120 valence electrons. The zero-order valence-corrected chi connectivity index (χ0v) is 13.2. The summed E-state index contributed by atoms with van der Waals surface area (Å²) in [5.41, 5.74) is 2.65. The fourth-order valence-electron chi connectivity index (χ4n) is 4.10. The summed E-state index contributed by atoms with van der Waals surface area (Å²) in [6.45, 7) is 2.18. The van der Waals surface area contributed by atoms with E-state index in [0.29, 0.717) is 6.54 Å². The van der Waals surface area contributed by atoms with Crippen LogP contribution in [-0.4, -0.2) is 28.7 Å². The monoisotopic (exact) mass is 310 g/mol. The van der Waals surface area contributed by atoms with Crippen molar-refractivity contribution in [1.82, 2.24) is 14.9 Å². The third-order valence-corrected chi connectivity index (χ3v) is 5.24. The van der Waals surface area contributed by atoms with Crippen molar-refractivity contribution in [2.75, 3.05) is 18.0 Å². The number of urea groups is 1. The highest BCUT2D eigenvalue weighted by Crippen LogP contribution is 2.50. The molecule has 2 aliphatic rings. The summed E-state index contributed by atoms with van der Waals surface area (Å²) in [7, 11) is 0. The number of amides is 2. The van der Waals surface area contributed by atoms with Crippen LogP contribution in [0.1, 0.15) is 31.2 Å². The number of fused-ring (bicyclic) bond motifs is 2. The highest BCUT2D eigenvalue weighted by molar-refractivity contribution is 5.95. The maximum atomic E-state index is 12.7. The van der Waals surface area contributed by atoms with E-state index in [4.69, 9.17) is 0 Å². The highest BCUT2D eigenvalue weighted by atomic mass is 16.2. The second kappa shape index (κ2) is 5.72. The van der Waals surface area contributed by atoms with Crippen molar-refractivity contribution in [3.05, 3.63) is 48.5 Å². The molecular weight excluding hydrogens is 288 g/mol. The summed E-state index contributed by atoms with van der Waals surface area (Å²) >= 11 is 0. The molecule has 0 atom stereocenters. The van der Waals surface area contributed by atoms with Gasteiger partial charge in [0.2, 0.25) is 0 Å². The zero-order valence-electron chi connectivity index (χ0n) is 13.2. The molecule has 0 unspecified atom stereocenters. The minimum atomic E-state index is 0.0151. The second-order valence-electron chi connectivity index (χ2n) is 6.62. The second-order valence-corrected chi connectivity index (χ2v) is 6.62. The Morgan fingerprint density at radius 2 is 2.09 bits per heavy atom. The lowest BCUT2D eigenvalue weighted by atomic mass is 9.81. The first kappa shape index (κ1) is 14.3. The van der Waals surface area contributed by atoms with Gasteiger partial charge >= 0.3 is 6.03 Å². The Bertz CT molecular complexity index is 689. The van der Waals surface area contributed by atoms with Gasteiger partial charge in [0.25, 0.3) is 0 Å². The van der Waals surface area contributed by atoms with Crippen LogP contribution in [0.4, 0.5) is 10.5 Å². The molecule has 1 aromatic heterocycles. The number of hydrogen-bond acceptors (Lipinski definition) is 2. The van der Waals surface area contributed by atoms with Gasteiger partial charge in [-0.3, -0.25) is 4.90 Å². The van der Waals surface area contributed by atoms with Gasteiger partial charge in [0.15, 0.2) is 0 Å². The number of anilines is 1. The fraction of sp³-hybridized carbons (Fsp3) is 0.444. The van der Waals surface area contributed by atoms with Crippen molar-refractivity contribution < 1.29 is 4.79 Å². The summed E-state index contributed by atoms with van der Waals surface area (Å²) in [6, 6.07) is 8.43. The predicted octanol–water partition coefficient (Wildman–Crippen LogP) is 2.92. The van der Waals surface area contributed by atoms with E-state index < -0.39 is 0 Å². The molecule has 1 aromatic carbocycles. The number of aromatic nitrogens is 2. The van der Waals surface area contributed by atoms with Gasteiger partial charge in [0, 0.05) is 43.1 Å². The van der Waals surface area contributed by atoms with Crippen molar-refractivity contribution in [2.24, 2.45) is 0 Å². The third kappa shape index (κ3) is 2.50. The Morgan fingerprint density at radius 1 is 1.26 bits per heavy atom. The molecule has 0 bridgehead atoms. The van der Waals surface area contributed by atoms with Gasteiger partial charge in [-0.2, -0.15) is 0 Å². The number of benzene rings is 1. The van der Waals surface area contributed by atoms with Crippen molar-refractivity contribution in [3.63, 3.8) is 0 Å². The number of imidazole rings is 1. The van der Waals surface area contributed by atoms with Crippen LogP contribution >= 0.6 is 0 Å². The van der Waals surface area contributed by atoms with E-state index in [2.05, 4.69) is 28.5 Å². The van der Waals surface area contributed by atoms with Gasteiger partial charge in [-0.15, -0.1) is 0 Å².